The number of ether oxygens (including phenoxy) is 1. The van der Waals surface area contributed by atoms with Crippen LogP contribution in [0.3, 0.4) is 0 Å². The van der Waals surface area contributed by atoms with Gasteiger partial charge in [0.1, 0.15) is 16.6 Å². The first-order valence-corrected chi connectivity index (χ1v) is 13.0. The van der Waals surface area contributed by atoms with Crippen molar-refractivity contribution in [1.29, 1.82) is 0 Å². The lowest BCUT2D eigenvalue weighted by molar-refractivity contribution is -0.274. The van der Waals surface area contributed by atoms with Crippen LogP contribution in [0.1, 0.15) is 35.9 Å². The molecule has 0 bridgehead atoms. The third kappa shape index (κ3) is 9.08. The van der Waals surface area contributed by atoms with E-state index in [1.54, 1.807) is 18.3 Å². The van der Waals surface area contributed by atoms with Crippen LogP contribution >= 0.6 is 11.3 Å². The summed E-state index contributed by atoms with van der Waals surface area (Å²) in [5.74, 6) is -0.775. The molecule has 10 nitrogen and oxygen atoms in total. The van der Waals surface area contributed by atoms with Gasteiger partial charge in [0, 0.05) is 37.5 Å². The molecule has 0 aliphatic heterocycles. The fourth-order valence-corrected chi connectivity index (χ4v) is 4.56. The highest BCUT2D eigenvalue weighted by molar-refractivity contribution is 7.15. The Kier molecular flexibility index (Phi) is 9.32. The Morgan fingerprint density at radius 1 is 0.950 bits per heavy atom. The molecule has 2 N–H and O–H groups in total. The lowest BCUT2D eigenvalue weighted by Gasteiger charge is -2.13. The molecule has 0 aliphatic rings. The molecule has 3 aromatic heterocycles. The molecule has 0 spiro atoms. The van der Waals surface area contributed by atoms with Gasteiger partial charge in [0.2, 0.25) is 16.9 Å². The van der Waals surface area contributed by atoms with Crippen LogP contribution in [0.4, 0.5) is 24.1 Å². The molecular weight excluding hydrogens is 547 g/mol. The summed E-state index contributed by atoms with van der Waals surface area (Å²) in [5.41, 5.74) is 1.96. The first-order valence-electron chi connectivity index (χ1n) is 12.1. The predicted octanol–water partition coefficient (Wildman–Crippen LogP) is 4.99. The fourth-order valence-electron chi connectivity index (χ4n) is 3.73. The van der Waals surface area contributed by atoms with Gasteiger partial charge in [-0.15, -0.1) is 23.4 Å². The molecule has 0 atom stereocenters. The standard InChI is InChI=1S/C26H24F3N7O3S/c1-16(37)33-25-36-35-24(40-25)5-3-2-4-17-6-7-22(32-14-17)34-23(38)12-18-10-19(21-15-30-8-9-31-21)13-20(11-18)39-26(27,28)29/h6-11,13-15H,2-5,12H2,1H3,(H,32,34,38)(H,33,36,37). The molecule has 3 heterocycles. The number of unbranched alkanes of at least 4 members (excludes halogenated alkanes) is 1. The largest absolute Gasteiger partial charge is 0.573 e. The van der Waals surface area contributed by atoms with Crippen molar-refractivity contribution < 1.29 is 27.5 Å². The Labute approximate surface area is 231 Å². The second-order valence-electron chi connectivity index (χ2n) is 8.67. The maximum atomic E-state index is 12.8. The maximum Gasteiger partial charge on any atom is 0.573 e. The smallest absolute Gasteiger partial charge is 0.406 e. The molecule has 0 aliphatic carbocycles. The average molecular weight is 572 g/mol. The van der Waals surface area contributed by atoms with Gasteiger partial charge in [-0.2, -0.15) is 0 Å². The summed E-state index contributed by atoms with van der Waals surface area (Å²) in [6, 6.07) is 7.44. The quantitative estimate of drug-likeness (QED) is 0.241. The van der Waals surface area contributed by atoms with Gasteiger partial charge >= 0.3 is 6.36 Å². The number of pyridine rings is 1. The number of carbonyl (C=O) groups is 2. The number of rotatable bonds is 11. The number of benzene rings is 1. The summed E-state index contributed by atoms with van der Waals surface area (Å²) in [7, 11) is 0. The summed E-state index contributed by atoms with van der Waals surface area (Å²) in [6.45, 7) is 1.42. The van der Waals surface area contributed by atoms with Crippen LogP contribution in [0, 0.1) is 0 Å². The average Bonchev–Trinajstić information content (AvgIpc) is 3.33. The minimum Gasteiger partial charge on any atom is -0.406 e. The molecule has 0 saturated heterocycles. The van der Waals surface area contributed by atoms with Crippen LogP contribution in [-0.4, -0.2) is 43.3 Å². The van der Waals surface area contributed by atoms with E-state index in [0.717, 1.165) is 42.3 Å². The summed E-state index contributed by atoms with van der Waals surface area (Å²) >= 11 is 1.35. The number of aromatic nitrogens is 5. The Morgan fingerprint density at radius 3 is 2.48 bits per heavy atom. The van der Waals surface area contributed by atoms with Crippen LogP contribution < -0.4 is 15.4 Å². The zero-order chi connectivity index (χ0) is 28.5. The SMILES string of the molecule is CC(=O)Nc1nnc(CCCCc2ccc(NC(=O)Cc3cc(OC(F)(F)F)cc(-c4cnccn4)c3)nc2)s1. The van der Waals surface area contributed by atoms with Gasteiger partial charge in [0.15, 0.2) is 0 Å². The number of anilines is 2. The molecule has 4 rings (SSSR count). The second-order valence-corrected chi connectivity index (χ2v) is 9.73. The lowest BCUT2D eigenvalue weighted by Crippen LogP contribution is -2.18. The van der Waals surface area contributed by atoms with E-state index in [-0.39, 0.29) is 12.3 Å². The van der Waals surface area contributed by atoms with Gasteiger partial charge in [0.05, 0.1) is 18.3 Å². The molecule has 2 amide bonds. The van der Waals surface area contributed by atoms with Crippen molar-refractivity contribution in [3.63, 3.8) is 0 Å². The van der Waals surface area contributed by atoms with Crippen LogP contribution in [0.15, 0.2) is 55.1 Å². The zero-order valence-corrected chi connectivity index (χ0v) is 22.1. The molecule has 0 radical (unpaired) electrons. The van der Waals surface area contributed by atoms with E-state index in [4.69, 9.17) is 0 Å². The number of nitrogens with one attached hydrogen (secondary N) is 2. The van der Waals surface area contributed by atoms with Crippen molar-refractivity contribution in [3.8, 4) is 17.0 Å². The Hall–Kier alpha value is -4.46. The van der Waals surface area contributed by atoms with Crippen molar-refractivity contribution >= 4 is 34.1 Å². The van der Waals surface area contributed by atoms with Gasteiger partial charge in [-0.05, 0) is 54.7 Å². The lowest BCUT2D eigenvalue weighted by atomic mass is 10.0. The molecule has 0 saturated carbocycles. The molecule has 40 heavy (non-hydrogen) atoms. The van der Waals surface area contributed by atoms with Gasteiger partial charge < -0.3 is 15.4 Å². The molecule has 208 valence electrons. The number of halogens is 3. The monoisotopic (exact) mass is 571 g/mol. The number of amides is 2. The molecule has 0 fully saturated rings. The highest BCUT2D eigenvalue weighted by Gasteiger charge is 2.31. The molecular formula is C26H24F3N7O3S. The van der Waals surface area contributed by atoms with Crippen molar-refractivity contribution in [3.05, 3.63) is 71.3 Å². The third-order valence-corrected chi connectivity index (χ3v) is 6.27. The van der Waals surface area contributed by atoms with E-state index in [0.29, 0.717) is 27.8 Å². The normalized spacial score (nSPS) is 11.2. The summed E-state index contributed by atoms with van der Waals surface area (Å²) in [5, 5.41) is 14.6. The van der Waals surface area contributed by atoms with E-state index in [9.17, 15) is 22.8 Å². The maximum absolute atomic E-state index is 12.8. The van der Waals surface area contributed by atoms with E-state index >= 15 is 0 Å². The van der Waals surface area contributed by atoms with Gasteiger partial charge in [0.25, 0.3) is 0 Å². The van der Waals surface area contributed by atoms with Crippen LogP contribution in [0.25, 0.3) is 11.3 Å². The van der Waals surface area contributed by atoms with Crippen LogP contribution in [0.2, 0.25) is 0 Å². The molecule has 1 aromatic carbocycles. The summed E-state index contributed by atoms with van der Waals surface area (Å²) in [6.07, 6.45) is 4.11. The van der Waals surface area contributed by atoms with Crippen LogP contribution in [0.5, 0.6) is 5.75 Å². The predicted molar refractivity (Wildman–Crippen MR) is 142 cm³/mol. The number of nitrogens with zero attached hydrogens (tertiary/aromatic N) is 5. The topological polar surface area (TPSA) is 132 Å². The fraction of sp³-hybridized carbons (Fsp3) is 0.269. The number of alkyl halides is 3. The van der Waals surface area contributed by atoms with Gasteiger partial charge in [-0.25, -0.2) is 4.98 Å². The van der Waals surface area contributed by atoms with E-state index < -0.39 is 18.0 Å². The van der Waals surface area contributed by atoms with Crippen molar-refractivity contribution in [2.45, 2.75) is 45.4 Å². The van der Waals surface area contributed by atoms with E-state index in [2.05, 4.69) is 40.5 Å². The van der Waals surface area contributed by atoms with E-state index in [1.807, 2.05) is 6.07 Å². The zero-order valence-electron chi connectivity index (χ0n) is 21.2. The van der Waals surface area contributed by atoms with Gasteiger partial charge in [-0.1, -0.05) is 17.4 Å². The van der Waals surface area contributed by atoms with Crippen molar-refractivity contribution in [2.24, 2.45) is 0 Å². The number of hydrogen-bond acceptors (Lipinski definition) is 9. The second kappa shape index (κ2) is 13.1. The first-order chi connectivity index (χ1) is 19.1. The Balaban J connectivity index is 1.30. The van der Waals surface area contributed by atoms with Gasteiger partial charge in [-0.3, -0.25) is 19.6 Å². The van der Waals surface area contributed by atoms with Crippen molar-refractivity contribution in [2.75, 3.05) is 10.6 Å². The Morgan fingerprint density at radius 2 is 1.77 bits per heavy atom. The first kappa shape index (κ1) is 28.5. The highest BCUT2D eigenvalue weighted by Crippen LogP contribution is 2.29. The minimum absolute atomic E-state index is 0.188. The highest BCUT2D eigenvalue weighted by atomic mass is 32.1. The summed E-state index contributed by atoms with van der Waals surface area (Å²) < 4.78 is 42.6. The van der Waals surface area contributed by atoms with E-state index in [1.165, 1.54) is 42.9 Å². The summed E-state index contributed by atoms with van der Waals surface area (Å²) in [4.78, 5) is 36.0. The molecule has 0 unspecified atom stereocenters. The minimum atomic E-state index is -4.89. The number of carbonyl (C=O) groups excluding carboxylic acids is 2. The molecule has 4 aromatic rings. The number of hydrogen-bond donors (Lipinski definition) is 2. The van der Waals surface area contributed by atoms with Crippen molar-refractivity contribution in [1.82, 2.24) is 25.1 Å². The number of aryl methyl sites for hydroxylation is 2. The van der Waals surface area contributed by atoms with Crippen LogP contribution in [-0.2, 0) is 28.9 Å². The molecule has 14 heteroatoms. The third-order valence-electron chi connectivity index (χ3n) is 5.37. The Bertz CT molecular complexity index is 1450.